The van der Waals surface area contributed by atoms with E-state index in [1.807, 2.05) is 30.5 Å². The van der Waals surface area contributed by atoms with Gasteiger partial charge >= 0.3 is 0 Å². The third-order valence-electron chi connectivity index (χ3n) is 3.34. The highest BCUT2D eigenvalue weighted by molar-refractivity contribution is 9.10. The molecule has 3 heterocycles. The molecule has 0 saturated carbocycles. The van der Waals surface area contributed by atoms with Crippen LogP contribution in [-0.4, -0.2) is 36.1 Å². The van der Waals surface area contributed by atoms with Crippen molar-refractivity contribution in [2.75, 3.05) is 36.0 Å². The highest BCUT2D eigenvalue weighted by atomic mass is 79.9. The monoisotopic (exact) mass is 352 g/mol. The van der Waals surface area contributed by atoms with E-state index in [4.69, 9.17) is 11.6 Å². The first kappa shape index (κ1) is 13.6. The number of piperazine rings is 1. The standard InChI is InChI=1S/C14H14BrClN4/c15-12-9-11(16)10-18-14(12)20-7-5-19(6-8-20)13-3-1-2-4-17-13/h1-4,9-10H,5-8H2. The second-order valence-electron chi connectivity index (χ2n) is 4.62. The predicted molar refractivity (Wildman–Crippen MR) is 85.6 cm³/mol. The molecule has 0 aliphatic carbocycles. The zero-order valence-corrected chi connectivity index (χ0v) is 13.2. The summed E-state index contributed by atoms with van der Waals surface area (Å²) in [6.45, 7) is 3.72. The molecule has 0 atom stereocenters. The Morgan fingerprint density at radius 1 is 1.05 bits per heavy atom. The molecule has 0 spiro atoms. The minimum Gasteiger partial charge on any atom is -0.353 e. The normalized spacial score (nSPS) is 15.5. The van der Waals surface area contributed by atoms with Crippen molar-refractivity contribution in [1.82, 2.24) is 9.97 Å². The number of nitrogens with zero attached hydrogens (tertiary/aromatic N) is 4. The van der Waals surface area contributed by atoms with Crippen molar-refractivity contribution in [3.05, 3.63) is 46.2 Å². The summed E-state index contributed by atoms with van der Waals surface area (Å²) in [7, 11) is 0. The molecule has 2 aromatic heterocycles. The summed E-state index contributed by atoms with van der Waals surface area (Å²) in [6, 6.07) is 7.89. The average molecular weight is 354 g/mol. The van der Waals surface area contributed by atoms with E-state index < -0.39 is 0 Å². The smallest absolute Gasteiger partial charge is 0.143 e. The van der Waals surface area contributed by atoms with Crippen LogP contribution in [0, 0.1) is 0 Å². The molecule has 0 amide bonds. The van der Waals surface area contributed by atoms with Crippen molar-refractivity contribution >= 4 is 39.2 Å². The van der Waals surface area contributed by atoms with Crippen LogP contribution in [0.15, 0.2) is 41.1 Å². The summed E-state index contributed by atoms with van der Waals surface area (Å²) < 4.78 is 0.941. The maximum Gasteiger partial charge on any atom is 0.143 e. The van der Waals surface area contributed by atoms with Gasteiger partial charge < -0.3 is 9.80 Å². The van der Waals surface area contributed by atoms with Crippen LogP contribution in [0.2, 0.25) is 5.02 Å². The molecule has 6 heteroatoms. The summed E-state index contributed by atoms with van der Waals surface area (Å²) in [5.41, 5.74) is 0. The van der Waals surface area contributed by atoms with Crippen molar-refractivity contribution in [3.63, 3.8) is 0 Å². The summed E-state index contributed by atoms with van der Waals surface area (Å²) in [4.78, 5) is 13.4. The third kappa shape index (κ3) is 2.88. The molecule has 0 radical (unpaired) electrons. The number of hydrogen-bond acceptors (Lipinski definition) is 4. The maximum atomic E-state index is 5.93. The number of rotatable bonds is 2. The minimum absolute atomic E-state index is 0.646. The molecule has 0 N–H and O–H groups in total. The van der Waals surface area contributed by atoms with Crippen LogP contribution < -0.4 is 9.80 Å². The molecule has 4 nitrogen and oxygen atoms in total. The van der Waals surface area contributed by atoms with Gasteiger partial charge in [-0.05, 0) is 34.1 Å². The molecule has 0 bridgehead atoms. The number of halogens is 2. The maximum absolute atomic E-state index is 5.93. The molecule has 1 fully saturated rings. The number of pyridine rings is 2. The Balaban J connectivity index is 1.69. The molecule has 1 saturated heterocycles. The molecule has 0 aromatic carbocycles. The summed E-state index contributed by atoms with van der Waals surface area (Å²) in [5, 5.41) is 0.646. The van der Waals surface area contributed by atoms with Crippen molar-refractivity contribution in [2.24, 2.45) is 0 Å². The van der Waals surface area contributed by atoms with Gasteiger partial charge in [0.15, 0.2) is 0 Å². The predicted octanol–water partition coefficient (Wildman–Crippen LogP) is 3.22. The van der Waals surface area contributed by atoms with Gasteiger partial charge in [-0.1, -0.05) is 17.7 Å². The first-order valence-corrected chi connectivity index (χ1v) is 7.63. The van der Waals surface area contributed by atoms with Gasteiger partial charge in [-0.3, -0.25) is 0 Å². The zero-order valence-electron chi connectivity index (χ0n) is 10.8. The summed E-state index contributed by atoms with van der Waals surface area (Å²) in [6.07, 6.45) is 3.52. The number of hydrogen-bond donors (Lipinski definition) is 0. The van der Waals surface area contributed by atoms with Crippen LogP contribution in [-0.2, 0) is 0 Å². The van der Waals surface area contributed by atoms with Gasteiger partial charge in [-0.2, -0.15) is 0 Å². The van der Waals surface area contributed by atoms with E-state index in [0.29, 0.717) is 5.02 Å². The minimum atomic E-state index is 0.646. The first-order valence-electron chi connectivity index (χ1n) is 6.46. The molecule has 2 aromatic rings. The van der Waals surface area contributed by atoms with E-state index in [1.54, 1.807) is 6.20 Å². The fraction of sp³-hybridized carbons (Fsp3) is 0.286. The largest absolute Gasteiger partial charge is 0.353 e. The Kier molecular flexibility index (Phi) is 4.08. The number of aromatic nitrogens is 2. The Bertz CT molecular complexity index is 585. The fourth-order valence-corrected chi connectivity index (χ4v) is 3.22. The lowest BCUT2D eigenvalue weighted by molar-refractivity contribution is 0.641. The van der Waals surface area contributed by atoms with Gasteiger partial charge in [0.1, 0.15) is 11.6 Å². The van der Waals surface area contributed by atoms with E-state index in [2.05, 4.69) is 35.7 Å². The Hall–Kier alpha value is -1.33. The third-order valence-corrected chi connectivity index (χ3v) is 4.13. The lowest BCUT2D eigenvalue weighted by atomic mass is 10.3. The van der Waals surface area contributed by atoms with E-state index in [1.165, 1.54) is 0 Å². The second kappa shape index (κ2) is 5.97. The van der Waals surface area contributed by atoms with Crippen molar-refractivity contribution in [1.29, 1.82) is 0 Å². The van der Waals surface area contributed by atoms with Crippen molar-refractivity contribution < 1.29 is 0 Å². The molecule has 1 aliphatic rings. The van der Waals surface area contributed by atoms with Crippen LogP contribution >= 0.6 is 27.5 Å². The molecule has 1 aliphatic heterocycles. The summed E-state index contributed by atoms with van der Waals surface area (Å²) >= 11 is 9.46. The van der Waals surface area contributed by atoms with Crippen molar-refractivity contribution in [3.8, 4) is 0 Å². The molecule has 0 unspecified atom stereocenters. The van der Waals surface area contributed by atoms with Gasteiger partial charge in [0.2, 0.25) is 0 Å². The second-order valence-corrected chi connectivity index (χ2v) is 5.91. The molecule has 3 rings (SSSR count). The molecule has 104 valence electrons. The van der Waals surface area contributed by atoms with Gasteiger partial charge in [0.25, 0.3) is 0 Å². The average Bonchev–Trinajstić information content (AvgIpc) is 2.48. The SMILES string of the molecule is Clc1cnc(N2CCN(c3ccccn3)CC2)c(Br)c1. The van der Waals surface area contributed by atoms with Gasteiger partial charge in [0, 0.05) is 38.6 Å². The van der Waals surface area contributed by atoms with Gasteiger partial charge in [-0.25, -0.2) is 9.97 Å². The van der Waals surface area contributed by atoms with Crippen LogP contribution in [0.5, 0.6) is 0 Å². The van der Waals surface area contributed by atoms with E-state index in [0.717, 1.165) is 42.3 Å². The van der Waals surface area contributed by atoms with Crippen LogP contribution in [0.1, 0.15) is 0 Å². The van der Waals surface area contributed by atoms with Crippen molar-refractivity contribution in [2.45, 2.75) is 0 Å². The first-order chi connectivity index (χ1) is 9.74. The van der Waals surface area contributed by atoms with Gasteiger partial charge in [0.05, 0.1) is 9.50 Å². The van der Waals surface area contributed by atoms with Crippen LogP contribution in [0.25, 0.3) is 0 Å². The van der Waals surface area contributed by atoms with E-state index in [-0.39, 0.29) is 0 Å². The van der Waals surface area contributed by atoms with E-state index >= 15 is 0 Å². The number of anilines is 2. The topological polar surface area (TPSA) is 32.3 Å². The molecular weight excluding hydrogens is 340 g/mol. The lowest BCUT2D eigenvalue weighted by Gasteiger charge is -2.36. The highest BCUT2D eigenvalue weighted by Gasteiger charge is 2.20. The highest BCUT2D eigenvalue weighted by Crippen LogP contribution is 2.27. The van der Waals surface area contributed by atoms with Crippen LogP contribution in [0.3, 0.4) is 0 Å². The fourth-order valence-electron chi connectivity index (χ4n) is 2.33. The summed E-state index contributed by atoms with van der Waals surface area (Å²) in [5.74, 6) is 1.99. The molecular formula is C14H14BrClN4. The zero-order chi connectivity index (χ0) is 13.9. The van der Waals surface area contributed by atoms with E-state index in [9.17, 15) is 0 Å². The Morgan fingerprint density at radius 3 is 2.45 bits per heavy atom. The van der Waals surface area contributed by atoms with Gasteiger partial charge in [-0.15, -0.1) is 0 Å². The molecule has 20 heavy (non-hydrogen) atoms. The Labute approximate surface area is 131 Å². The lowest BCUT2D eigenvalue weighted by Crippen LogP contribution is -2.47. The Morgan fingerprint density at radius 2 is 1.80 bits per heavy atom. The van der Waals surface area contributed by atoms with Crippen LogP contribution in [0.4, 0.5) is 11.6 Å². The quantitative estimate of drug-likeness (QED) is 0.830.